The molecule has 0 radical (unpaired) electrons. The molecule has 0 unspecified atom stereocenters. The van der Waals surface area contributed by atoms with Crippen molar-refractivity contribution in [3.05, 3.63) is 16.4 Å². The Morgan fingerprint density at radius 3 is 2.90 bits per heavy atom. The Labute approximate surface area is 61.2 Å². The number of halogens is 1. The van der Waals surface area contributed by atoms with Crippen LogP contribution < -0.4 is 5.73 Å². The fraction of sp³-hybridized carbons (Fsp3) is 0. The van der Waals surface area contributed by atoms with Gasteiger partial charge in [-0.15, -0.1) is 4.91 Å². The molecule has 10 heavy (non-hydrogen) atoms. The maximum atomic E-state index is 9.89. The molecule has 0 fully saturated rings. The van der Waals surface area contributed by atoms with Crippen molar-refractivity contribution in [1.82, 2.24) is 9.97 Å². The highest BCUT2D eigenvalue weighted by molar-refractivity contribution is 6.28. The van der Waals surface area contributed by atoms with Crippen LogP contribution >= 0.6 is 11.6 Å². The number of nitrogen functional groups attached to an aromatic ring is 1. The Hall–Kier alpha value is -1.23. The van der Waals surface area contributed by atoms with Gasteiger partial charge in [0.25, 0.3) is 0 Å². The molecular formula is C4H3ClN4O. The SMILES string of the molecule is Nc1nc(Cl)ncc1N=O. The molecule has 2 N–H and O–H groups in total. The standard InChI is InChI=1S/C4H3ClN4O/c5-4-7-1-2(9-10)3(6)8-4/h1H,(H2,6,7,8). The summed E-state index contributed by atoms with van der Waals surface area (Å²) in [7, 11) is 0. The summed E-state index contributed by atoms with van der Waals surface area (Å²) in [4.78, 5) is 16.9. The predicted molar refractivity (Wildman–Crippen MR) is 36.9 cm³/mol. The van der Waals surface area contributed by atoms with E-state index in [4.69, 9.17) is 17.3 Å². The highest BCUT2D eigenvalue weighted by atomic mass is 35.5. The minimum absolute atomic E-state index is 0.00407. The van der Waals surface area contributed by atoms with Gasteiger partial charge < -0.3 is 5.73 Å². The van der Waals surface area contributed by atoms with E-state index in [1.54, 1.807) is 0 Å². The zero-order valence-electron chi connectivity index (χ0n) is 4.78. The summed E-state index contributed by atoms with van der Waals surface area (Å²) in [5, 5.41) is 2.56. The summed E-state index contributed by atoms with van der Waals surface area (Å²) in [6.45, 7) is 0. The molecule has 0 saturated heterocycles. The van der Waals surface area contributed by atoms with Crippen LogP contribution in [0, 0.1) is 4.91 Å². The number of nitrogens with two attached hydrogens (primary N) is 1. The fourth-order valence-corrected chi connectivity index (χ4v) is 0.576. The van der Waals surface area contributed by atoms with Crippen molar-refractivity contribution in [3.8, 4) is 0 Å². The number of nitrogens with zero attached hydrogens (tertiary/aromatic N) is 3. The molecule has 6 heteroatoms. The summed E-state index contributed by atoms with van der Waals surface area (Å²) in [6.07, 6.45) is 1.16. The summed E-state index contributed by atoms with van der Waals surface area (Å²) < 4.78 is 0. The van der Waals surface area contributed by atoms with Gasteiger partial charge in [0.05, 0.1) is 6.20 Å². The molecule has 0 saturated carbocycles. The Morgan fingerprint density at radius 2 is 2.40 bits per heavy atom. The second-order valence-corrected chi connectivity index (χ2v) is 1.84. The summed E-state index contributed by atoms with van der Waals surface area (Å²) in [6, 6.07) is 0. The van der Waals surface area contributed by atoms with E-state index in [0.29, 0.717) is 0 Å². The predicted octanol–water partition coefficient (Wildman–Crippen LogP) is 1.11. The number of nitroso groups, excluding NO2 is 1. The van der Waals surface area contributed by atoms with Crippen molar-refractivity contribution in [1.29, 1.82) is 0 Å². The first-order chi connectivity index (χ1) is 4.74. The van der Waals surface area contributed by atoms with Gasteiger partial charge in [0.2, 0.25) is 5.28 Å². The van der Waals surface area contributed by atoms with Crippen LogP contribution in [0.3, 0.4) is 0 Å². The van der Waals surface area contributed by atoms with Gasteiger partial charge in [-0.25, -0.2) is 4.98 Å². The van der Waals surface area contributed by atoms with E-state index in [-0.39, 0.29) is 16.8 Å². The van der Waals surface area contributed by atoms with Gasteiger partial charge >= 0.3 is 0 Å². The number of hydrogen-bond donors (Lipinski definition) is 1. The number of rotatable bonds is 1. The van der Waals surface area contributed by atoms with Crippen LogP contribution in [0.5, 0.6) is 0 Å². The summed E-state index contributed by atoms with van der Waals surface area (Å²) in [5.74, 6) is -0.00463. The molecule has 1 heterocycles. The Morgan fingerprint density at radius 1 is 1.70 bits per heavy atom. The average Bonchev–Trinajstić information content (AvgIpc) is 1.88. The maximum Gasteiger partial charge on any atom is 0.224 e. The van der Waals surface area contributed by atoms with Crippen molar-refractivity contribution in [2.75, 3.05) is 5.73 Å². The molecule has 1 aromatic rings. The van der Waals surface area contributed by atoms with Crippen molar-refractivity contribution >= 4 is 23.1 Å². The van der Waals surface area contributed by atoms with Crippen LogP contribution in [-0.4, -0.2) is 9.97 Å². The number of hydrogen-bond acceptors (Lipinski definition) is 5. The third kappa shape index (κ3) is 1.19. The zero-order chi connectivity index (χ0) is 7.56. The molecule has 0 spiro atoms. The van der Waals surface area contributed by atoms with Crippen molar-refractivity contribution in [2.45, 2.75) is 0 Å². The first-order valence-electron chi connectivity index (χ1n) is 2.35. The third-order valence-electron chi connectivity index (χ3n) is 0.867. The second-order valence-electron chi connectivity index (χ2n) is 1.50. The molecule has 0 bridgehead atoms. The van der Waals surface area contributed by atoms with E-state index in [0.717, 1.165) is 6.20 Å². The third-order valence-corrected chi connectivity index (χ3v) is 1.05. The van der Waals surface area contributed by atoms with Gasteiger partial charge in [0.15, 0.2) is 11.5 Å². The molecule has 0 aliphatic carbocycles. The largest absolute Gasteiger partial charge is 0.382 e. The van der Waals surface area contributed by atoms with Crippen LogP contribution in [0.2, 0.25) is 5.28 Å². The van der Waals surface area contributed by atoms with Crippen LogP contribution in [0.15, 0.2) is 11.4 Å². The lowest BCUT2D eigenvalue weighted by Crippen LogP contribution is -1.91. The number of anilines is 1. The smallest absolute Gasteiger partial charge is 0.224 e. The molecule has 0 amide bonds. The Balaban J connectivity index is 3.19. The van der Waals surface area contributed by atoms with Gasteiger partial charge in [-0.1, -0.05) is 0 Å². The van der Waals surface area contributed by atoms with Gasteiger partial charge in [0, 0.05) is 0 Å². The van der Waals surface area contributed by atoms with Crippen LogP contribution in [-0.2, 0) is 0 Å². The zero-order valence-corrected chi connectivity index (χ0v) is 5.54. The van der Waals surface area contributed by atoms with E-state index in [1.165, 1.54) is 0 Å². The number of aromatic nitrogens is 2. The van der Waals surface area contributed by atoms with Gasteiger partial charge in [-0.3, -0.25) is 0 Å². The van der Waals surface area contributed by atoms with Crippen molar-refractivity contribution < 1.29 is 0 Å². The lowest BCUT2D eigenvalue weighted by atomic mass is 10.5. The van der Waals surface area contributed by atoms with Crippen LogP contribution in [0.1, 0.15) is 0 Å². The molecule has 0 atom stereocenters. The molecule has 52 valence electrons. The maximum absolute atomic E-state index is 9.89. The first kappa shape index (κ1) is 6.88. The minimum Gasteiger partial charge on any atom is -0.382 e. The molecule has 5 nitrogen and oxygen atoms in total. The van der Waals surface area contributed by atoms with Gasteiger partial charge in [-0.2, -0.15) is 4.98 Å². The lowest BCUT2D eigenvalue weighted by molar-refractivity contribution is 1.16. The Bertz CT molecular complexity index is 263. The highest BCUT2D eigenvalue weighted by Crippen LogP contribution is 2.18. The van der Waals surface area contributed by atoms with E-state index in [1.807, 2.05) is 0 Å². The molecule has 0 aromatic carbocycles. The average molecular weight is 159 g/mol. The highest BCUT2D eigenvalue weighted by Gasteiger charge is 2.00. The lowest BCUT2D eigenvalue weighted by Gasteiger charge is -1.92. The fourth-order valence-electron chi connectivity index (χ4n) is 0.436. The first-order valence-corrected chi connectivity index (χ1v) is 2.73. The topological polar surface area (TPSA) is 81.2 Å². The quantitative estimate of drug-likeness (QED) is 0.490. The molecule has 1 aromatic heterocycles. The molecule has 1 rings (SSSR count). The monoisotopic (exact) mass is 158 g/mol. The van der Waals surface area contributed by atoms with Crippen LogP contribution in [0.4, 0.5) is 11.5 Å². The van der Waals surface area contributed by atoms with Gasteiger partial charge in [-0.05, 0) is 16.8 Å². The van der Waals surface area contributed by atoms with Crippen molar-refractivity contribution in [2.24, 2.45) is 5.18 Å². The molecule has 0 aliphatic rings. The molecular weight excluding hydrogens is 156 g/mol. The normalized spacial score (nSPS) is 9.30. The Kier molecular flexibility index (Phi) is 1.77. The van der Waals surface area contributed by atoms with Gasteiger partial charge in [0.1, 0.15) is 0 Å². The summed E-state index contributed by atoms with van der Waals surface area (Å²) >= 11 is 5.33. The summed E-state index contributed by atoms with van der Waals surface area (Å²) in [5.41, 5.74) is 5.21. The van der Waals surface area contributed by atoms with Crippen LogP contribution in [0.25, 0.3) is 0 Å². The van der Waals surface area contributed by atoms with E-state index in [9.17, 15) is 4.91 Å². The van der Waals surface area contributed by atoms with Crippen molar-refractivity contribution in [3.63, 3.8) is 0 Å². The van der Waals surface area contributed by atoms with E-state index >= 15 is 0 Å². The molecule has 0 aliphatic heterocycles. The second kappa shape index (κ2) is 2.57. The minimum atomic E-state index is -0.00463. The van der Waals surface area contributed by atoms with E-state index < -0.39 is 0 Å². The van der Waals surface area contributed by atoms with E-state index in [2.05, 4.69) is 15.1 Å².